The predicted molar refractivity (Wildman–Crippen MR) is 63.9 cm³/mol. The summed E-state index contributed by atoms with van der Waals surface area (Å²) in [5, 5.41) is 0. The molecule has 2 rings (SSSR count). The van der Waals surface area contributed by atoms with E-state index in [1.54, 1.807) is 11.3 Å². The van der Waals surface area contributed by atoms with Crippen LogP contribution in [0.15, 0.2) is 5.51 Å². The third-order valence-electron chi connectivity index (χ3n) is 3.34. The van der Waals surface area contributed by atoms with Crippen molar-refractivity contribution in [2.75, 3.05) is 7.05 Å². The number of rotatable bonds is 3. The summed E-state index contributed by atoms with van der Waals surface area (Å²) < 4.78 is 0. The van der Waals surface area contributed by atoms with E-state index in [4.69, 9.17) is 5.73 Å². The molecule has 0 bridgehead atoms. The van der Waals surface area contributed by atoms with Gasteiger partial charge in [-0.1, -0.05) is 6.42 Å². The Labute approximate surface area is 95.3 Å². The second-order valence-electron chi connectivity index (χ2n) is 4.44. The molecule has 15 heavy (non-hydrogen) atoms. The largest absolute Gasteiger partial charge is 0.326 e. The summed E-state index contributed by atoms with van der Waals surface area (Å²) in [5.74, 6) is 0. The van der Waals surface area contributed by atoms with Gasteiger partial charge in [-0.15, -0.1) is 11.3 Å². The number of aromatic nitrogens is 1. The molecule has 2 atom stereocenters. The van der Waals surface area contributed by atoms with Gasteiger partial charge >= 0.3 is 0 Å². The fourth-order valence-corrected chi connectivity index (χ4v) is 3.18. The second kappa shape index (κ2) is 4.60. The molecular weight excluding hydrogens is 206 g/mol. The minimum absolute atomic E-state index is 0.364. The Kier molecular flexibility index (Phi) is 3.38. The van der Waals surface area contributed by atoms with Crippen LogP contribution in [0.4, 0.5) is 0 Å². The standard InChI is InChI=1S/C11H19N3S/c1-8-11(15-7-13-8)6-14(2)10-5-3-4-9(10)12/h7,9-10H,3-6,12H2,1-2H3. The minimum Gasteiger partial charge on any atom is -0.326 e. The quantitative estimate of drug-likeness (QED) is 0.852. The average molecular weight is 225 g/mol. The van der Waals surface area contributed by atoms with Gasteiger partial charge in [0.25, 0.3) is 0 Å². The summed E-state index contributed by atoms with van der Waals surface area (Å²) in [6.45, 7) is 3.07. The zero-order valence-corrected chi connectivity index (χ0v) is 10.3. The molecule has 4 heteroatoms. The fraction of sp³-hybridized carbons (Fsp3) is 0.727. The molecule has 2 unspecified atom stereocenters. The van der Waals surface area contributed by atoms with Crippen LogP contribution in [-0.4, -0.2) is 29.0 Å². The van der Waals surface area contributed by atoms with Crippen molar-refractivity contribution >= 4 is 11.3 Å². The summed E-state index contributed by atoms with van der Waals surface area (Å²) in [4.78, 5) is 8.03. The molecule has 1 aliphatic carbocycles. The van der Waals surface area contributed by atoms with Crippen LogP contribution in [0.2, 0.25) is 0 Å². The molecule has 1 aliphatic rings. The normalized spacial score (nSPS) is 26.4. The van der Waals surface area contributed by atoms with E-state index in [0.717, 1.165) is 6.54 Å². The number of thiazole rings is 1. The van der Waals surface area contributed by atoms with Gasteiger partial charge in [-0.3, -0.25) is 4.90 Å². The van der Waals surface area contributed by atoms with Crippen LogP contribution >= 0.6 is 11.3 Å². The lowest BCUT2D eigenvalue weighted by Gasteiger charge is -2.27. The zero-order valence-electron chi connectivity index (χ0n) is 9.44. The van der Waals surface area contributed by atoms with E-state index < -0.39 is 0 Å². The number of nitrogens with two attached hydrogens (primary N) is 1. The van der Waals surface area contributed by atoms with Gasteiger partial charge in [0.1, 0.15) is 0 Å². The SMILES string of the molecule is Cc1ncsc1CN(C)C1CCCC1N. The molecule has 1 aromatic rings. The minimum atomic E-state index is 0.364. The molecule has 0 amide bonds. The molecule has 0 spiro atoms. The first-order valence-corrected chi connectivity index (χ1v) is 6.41. The van der Waals surface area contributed by atoms with E-state index in [9.17, 15) is 0 Å². The predicted octanol–water partition coefficient (Wildman–Crippen LogP) is 1.76. The third-order valence-corrected chi connectivity index (χ3v) is 4.26. The van der Waals surface area contributed by atoms with Gasteiger partial charge in [0.15, 0.2) is 0 Å². The summed E-state index contributed by atoms with van der Waals surface area (Å²) in [5.41, 5.74) is 9.18. The van der Waals surface area contributed by atoms with E-state index in [2.05, 4.69) is 23.9 Å². The van der Waals surface area contributed by atoms with Gasteiger partial charge in [-0.2, -0.15) is 0 Å². The van der Waals surface area contributed by atoms with E-state index >= 15 is 0 Å². The van der Waals surface area contributed by atoms with Crippen molar-refractivity contribution in [3.05, 3.63) is 16.1 Å². The van der Waals surface area contributed by atoms with Crippen LogP contribution in [-0.2, 0) is 6.54 Å². The van der Waals surface area contributed by atoms with Crippen LogP contribution < -0.4 is 5.73 Å². The average Bonchev–Trinajstić information content (AvgIpc) is 2.76. The number of aryl methyl sites for hydroxylation is 1. The third kappa shape index (κ3) is 2.38. The van der Waals surface area contributed by atoms with Crippen LogP contribution in [0.1, 0.15) is 29.8 Å². The topological polar surface area (TPSA) is 42.2 Å². The molecule has 0 radical (unpaired) electrons. The van der Waals surface area contributed by atoms with Crippen molar-refractivity contribution < 1.29 is 0 Å². The van der Waals surface area contributed by atoms with Crippen molar-refractivity contribution in [2.24, 2.45) is 5.73 Å². The maximum absolute atomic E-state index is 6.09. The molecule has 2 N–H and O–H groups in total. The van der Waals surface area contributed by atoms with Crippen LogP contribution in [0, 0.1) is 6.92 Å². The van der Waals surface area contributed by atoms with Gasteiger partial charge in [-0.25, -0.2) is 4.98 Å². The fourth-order valence-electron chi connectivity index (χ4n) is 2.34. The molecule has 84 valence electrons. The van der Waals surface area contributed by atoms with Crippen molar-refractivity contribution in [3.63, 3.8) is 0 Å². The zero-order chi connectivity index (χ0) is 10.8. The lowest BCUT2D eigenvalue weighted by Crippen LogP contribution is -2.41. The molecule has 0 aliphatic heterocycles. The maximum atomic E-state index is 6.09. The molecular formula is C11H19N3S. The highest BCUT2D eigenvalue weighted by Crippen LogP contribution is 2.24. The molecule has 1 aromatic heterocycles. The Balaban J connectivity index is 1.97. The summed E-state index contributed by atoms with van der Waals surface area (Å²) >= 11 is 1.74. The van der Waals surface area contributed by atoms with Crippen molar-refractivity contribution in [2.45, 2.75) is 44.8 Å². The molecule has 1 fully saturated rings. The highest BCUT2D eigenvalue weighted by molar-refractivity contribution is 7.09. The molecule has 0 saturated heterocycles. The van der Waals surface area contributed by atoms with Crippen molar-refractivity contribution in [1.29, 1.82) is 0 Å². The Morgan fingerprint density at radius 1 is 1.60 bits per heavy atom. The van der Waals surface area contributed by atoms with Gasteiger partial charge in [0, 0.05) is 23.5 Å². The van der Waals surface area contributed by atoms with Gasteiger partial charge < -0.3 is 5.73 Å². The highest BCUT2D eigenvalue weighted by Gasteiger charge is 2.27. The first-order valence-electron chi connectivity index (χ1n) is 5.53. The van der Waals surface area contributed by atoms with Gasteiger partial charge in [0.2, 0.25) is 0 Å². The first-order chi connectivity index (χ1) is 7.18. The molecule has 1 saturated carbocycles. The first kappa shape index (κ1) is 11.0. The smallest absolute Gasteiger partial charge is 0.0798 e. The monoisotopic (exact) mass is 225 g/mol. The maximum Gasteiger partial charge on any atom is 0.0798 e. The number of nitrogens with zero attached hydrogens (tertiary/aromatic N) is 2. The number of hydrogen-bond donors (Lipinski definition) is 1. The summed E-state index contributed by atoms with van der Waals surface area (Å²) in [7, 11) is 2.18. The van der Waals surface area contributed by atoms with Crippen LogP contribution in [0.3, 0.4) is 0 Å². The second-order valence-corrected chi connectivity index (χ2v) is 5.38. The summed E-state index contributed by atoms with van der Waals surface area (Å²) in [6.07, 6.45) is 3.70. The Morgan fingerprint density at radius 2 is 2.40 bits per heavy atom. The van der Waals surface area contributed by atoms with E-state index in [1.807, 2.05) is 5.51 Å². The highest BCUT2D eigenvalue weighted by atomic mass is 32.1. The lowest BCUT2D eigenvalue weighted by molar-refractivity contribution is 0.222. The van der Waals surface area contributed by atoms with Crippen LogP contribution in [0.5, 0.6) is 0 Å². The van der Waals surface area contributed by atoms with Crippen molar-refractivity contribution in [1.82, 2.24) is 9.88 Å². The lowest BCUT2D eigenvalue weighted by atomic mass is 10.1. The van der Waals surface area contributed by atoms with Crippen molar-refractivity contribution in [3.8, 4) is 0 Å². The van der Waals surface area contributed by atoms with E-state index in [1.165, 1.54) is 29.8 Å². The Bertz CT molecular complexity index is 323. The van der Waals surface area contributed by atoms with E-state index in [0.29, 0.717) is 12.1 Å². The van der Waals surface area contributed by atoms with Gasteiger partial charge in [0.05, 0.1) is 11.2 Å². The van der Waals surface area contributed by atoms with Crippen LogP contribution in [0.25, 0.3) is 0 Å². The molecule has 0 aromatic carbocycles. The number of hydrogen-bond acceptors (Lipinski definition) is 4. The molecule has 1 heterocycles. The van der Waals surface area contributed by atoms with E-state index in [-0.39, 0.29) is 0 Å². The number of likely N-dealkylation sites (N-methyl/N-ethyl adjacent to an activating group) is 1. The Hall–Kier alpha value is -0.450. The molecule has 3 nitrogen and oxygen atoms in total. The summed E-state index contributed by atoms with van der Waals surface area (Å²) in [6, 6.07) is 0.926. The van der Waals surface area contributed by atoms with Gasteiger partial charge in [-0.05, 0) is 26.8 Å². The Morgan fingerprint density at radius 3 is 2.93 bits per heavy atom.